The lowest BCUT2D eigenvalue weighted by molar-refractivity contribution is -0.137. The number of amides is 1. The Labute approximate surface area is 121 Å². The number of hydrogen-bond acceptors (Lipinski definition) is 5. The fourth-order valence-corrected chi connectivity index (χ4v) is 2.54. The number of carbonyl (C=O) groups excluding carboxylic acids is 1. The van der Waals surface area contributed by atoms with E-state index in [1.54, 1.807) is 12.1 Å². The largest absolute Gasteiger partial charge is 0.480 e. The molecule has 3 N–H and O–H groups in total. The molecule has 0 aliphatic rings. The molecule has 1 amide bonds. The Kier molecular flexibility index (Phi) is 5.83. The maximum absolute atomic E-state index is 11.8. The van der Waals surface area contributed by atoms with Crippen molar-refractivity contribution in [1.82, 2.24) is 10.0 Å². The van der Waals surface area contributed by atoms with Gasteiger partial charge in [-0.1, -0.05) is 18.2 Å². The van der Waals surface area contributed by atoms with Gasteiger partial charge in [0.1, 0.15) is 6.54 Å². The predicted molar refractivity (Wildman–Crippen MR) is 72.4 cm³/mol. The average Bonchev–Trinajstić information content (AvgIpc) is 2.43. The molecule has 0 atom stereocenters. The van der Waals surface area contributed by atoms with Gasteiger partial charge in [-0.05, 0) is 11.6 Å². The molecule has 0 spiro atoms. The van der Waals surface area contributed by atoms with Crippen molar-refractivity contribution in [3.8, 4) is 6.07 Å². The number of carbonyl (C=O) groups is 2. The van der Waals surface area contributed by atoms with E-state index in [-0.39, 0.29) is 5.56 Å². The zero-order valence-electron chi connectivity index (χ0n) is 10.9. The van der Waals surface area contributed by atoms with Crippen LogP contribution in [0.1, 0.15) is 11.1 Å². The molecule has 0 unspecified atom stereocenters. The van der Waals surface area contributed by atoms with Crippen LogP contribution in [0.5, 0.6) is 0 Å². The Balaban J connectivity index is 2.61. The summed E-state index contributed by atoms with van der Waals surface area (Å²) in [7, 11) is -3.81. The number of rotatable bonds is 7. The van der Waals surface area contributed by atoms with Gasteiger partial charge in [-0.15, -0.1) is 0 Å². The third-order valence-electron chi connectivity index (χ3n) is 2.37. The summed E-state index contributed by atoms with van der Waals surface area (Å²) in [6.07, 6.45) is 0. The van der Waals surface area contributed by atoms with Gasteiger partial charge >= 0.3 is 5.97 Å². The van der Waals surface area contributed by atoms with Gasteiger partial charge in [0.05, 0.1) is 23.9 Å². The van der Waals surface area contributed by atoms with Crippen molar-refractivity contribution < 1.29 is 23.1 Å². The summed E-state index contributed by atoms with van der Waals surface area (Å²) >= 11 is 0. The summed E-state index contributed by atoms with van der Waals surface area (Å²) in [5, 5.41) is 19.3. The quantitative estimate of drug-likeness (QED) is 0.601. The summed E-state index contributed by atoms with van der Waals surface area (Å²) in [5.74, 6) is -2.42. The van der Waals surface area contributed by atoms with Gasteiger partial charge in [-0.3, -0.25) is 9.59 Å². The van der Waals surface area contributed by atoms with Crippen LogP contribution in [0, 0.1) is 11.3 Å². The van der Waals surface area contributed by atoms with Gasteiger partial charge in [0.2, 0.25) is 15.9 Å². The first-order valence-corrected chi connectivity index (χ1v) is 7.43. The smallest absolute Gasteiger partial charge is 0.322 e. The Bertz CT molecular complexity index is 678. The number of aliphatic carboxylic acids is 1. The van der Waals surface area contributed by atoms with Crippen LogP contribution in [0.15, 0.2) is 24.3 Å². The van der Waals surface area contributed by atoms with Crippen LogP contribution >= 0.6 is 0 Å². The summed E-state index contributed by atoms with van der Waals surface area (Å²) in [4.78, 5) is 21.4. The van der Waals surface area contributed by atoms with E-state index in [1.165, 1.54) is 12.1 Å². The number of benzene rings is 1. The lowest BCUT2D eigenvalue weighted by Gasteiger charge is -2.07. The van der Waals surface area contributed by atoms with E-state index in [4.69, 9.17) is 10.4 Å². The van der Waals surface area contributed by atoms with Gasteiger partial charge < -0.3 is 10.4 Å². The topological polar surface area (TPSA) is 136 Å². The van der Waals surface area contributed by atoms with Crippen molar-refractivity contribution in [2.24, 2.45) is 0 Å². The minimum Gasteiger partial charge on any atom is -0.480 e. The van der Waals surface area contributed by atoms with Crippen molar-refractivity contribution in [1.29, 1.82) is 5.26 Å². The van der Waals surface area contributed by atoms with Crippen LogP contribution in [0.3, 0.4) is 0 Å². The normalized spacial score (nSPS) is 10.6. The molecule has 0 saturated carbocycles. The van der Waals surface area contributed by atoms with Crippen LogP contribution < -0.4 is 10.0 Å². The van der Waals surface area contributed by atoms with Gasteiger partial charge in [0.25, 0.3) is 0 Å². The van der Waals surface area contributed by atoms with Gasteiger partial charge in [0, 0.05) is 0 Å². The first-order chi connectivity index (χ1) is 9.84. The minimum atomic E-state index is -3.81. The fraction of sp³-hybridized carbons (Fsp3) is 0.250. The standard InChI is InChI=1S/C12H13N3O5S/c13-5-9-3-1-2-4-10(9)8-21(19,20)15-6-11(16)14-7-12(17)18/h1-4,15H,6-8H2,(H,14,16)(H,17,18). The first-order valence-electron chi connectivity index (χ1n) is 5.78. The second kappa shape index (κ2) is 7.37. The average molecular weight is 311 g/mol. The first kappa shape index (κ1) is 16.6. The number of nitriles is 1. The molecule has 0 aliphatic carbocycles. The van der Waals surface area contributed by atoms with E-state index in [1.807, 2.05) is 16.1 Å². The molecule has 1 aromatic carbocycles. The molecule has 1 aromatic rings. The molecule has 21 heavy (non-hydrogen) atoms. The fourth-order valence-electron chi connectivity index (χ4n) is 1.42. The molecule has 0 aliphatic heterocycles. The molecule has 0 saturated heterocycles. The Morgan fingerprint density at radius 3 is 2.52 bits per heavy atom. The van der Waals surface area contributed by atoms with Gasteiger partial charge in [-0.25, -0.2) is 13.1 Å². The number of carboxylic acid groups (broad SMARTS) is 1. The monoisotopic (exact) mass is 311 g/mol. The molecule has 0 heterocycles. The van der Waals surface area contributed by atoms with Crippen molar-refractivity contribution in [3.05, 3.63) is 35.4 Å². The minimum absolute atomic E-state index is 0.234. The molecule has 8 nitrogen and oxygen atoms in total. The highest BCUT2D eigenvalue weighted by Gasteiger charge is 2.15. The highest BCUT2D eigenvalue weighted by molar-refractivity contribution is 7.88. The van der Waals surface area contributed by atoms with E-state index in [0.29, 0.717) is 5.56 Å². The number of carboxylic acids is 1. The summed E-state index contributed by atoms with van der Waals surface area (Å²) in [5.41, 5.74) is 0.552. The van der Waals surface area contributed by atoms with Crippen molar-refractivity contribution in [2.75, 3.05) is 13.1 Å². The second-order valence-corrected chi connectivity index (χ2v) is 5.83. The van der Waals surface area contributed by atoms with E-state index < -0.39 is 40.7 Å². The van der Waals surface area contributed by atoms with Gasteiger partial charge in [-0.2, -0.15) is 5.26 Å². The van der Waals surface area contributed by atoms with Gasteiger partial charge in [0.15, 0.2) is 0 Å². The van der Waals surface area contributed by atoms with Crippen molar-refractivity contribution >= 4 is 21.9 Å². The lowest BCUT2D eigenvalue weighted by Crippen LogP contribution is -2.39. The maximum Gasteiger partial charge on any atom is 0.322 e. The third kappa shape index (κ3) is 6.03. The highest BCUT2D eigenvalue weighted by atomic mass is 32.2. The van der Waals surface area contributed by atoms with E-state index in [2.05, 4.69) is 0 Å². The Hall–Kier alpha value is -2.44. The molecule has 0 radical (unpaired) electrons. The molecule has 0 fully saturated rings. The lowest BCUT2D eigenvalue weighted by atomic mass is 10.1. The van der Waals surface area contributed by atoms with E-state index >= 15 is 0 Å². The number of hydrogen-bond donors (Lipinski definition) is 3. The predicted octanol–water partition coefficient (Wildman–Crippen LogP) is -0.822. The Morgan fingerprint density at radius 1 is 1.24 bits per heavy atom. The van der Waals surface area contributed by atoms with Crippen molar-refractivity contribution in [3.63, 3.8) is 0 Å². The van der Waals surface area contributed by atoms with Crippen LogP contribution in [0.2, 0.25) is 0 Å². The van der Waals surface area contributed by atoms with Crippen LogP contribution in [0.25, 0.3) is 0 Å². The summed E-state index contributed by atoms with van der Waals surface area (Å²) < 4.78 is 25.6. The molecule has 0 aromatic heterocycles. The van der Waals surface area contributed by atoms with E-state index in [9.17, 15) is 18.0 Å². The van der Waals surface area contributed by atoms with Crippen molar-refractivity contribution in [2.45, 2.75) is 5.75 Å². The maximum atomic E-state index is 11.8. The summed E-state index contributed by atoms with van der Waals surface area (Å²) in [6, 6.07) is 8.09. The molecule has 1 rings (SSSR count). The van der Waals surface area contributed by atoms with Crippen LogP contribution in [0.4, 0.5) is 0 Å². The van der Waals surface area contributed by atoms with E-state index in [0.717, 1.165) is 0 Å². The molecule has 9 heteroatoms. The zero-order valence-corrected chi connectivity index (χ0v) is 11.7. The number of nitrogens with zero attached hydrogens (tertiary/aromatic N) is 1. The zero-order chi connectivity index (χ0) is 15.9. The number of sulfonamides is 1. The Morgan fingerprint density at radius 2 is 1.90 bits per heavy atom. The highest BCUT2D eigenvalue weighted by Crippen LogP contribution is 2.10. The second-order valence-electron chi connectivity index (χ2n) is 4.02. The molecular weight excluding hydrogens is 298 g/mol. The molecule has 112 valence electrons. The number of nitrogens with one attached hydrogen (secondary N) is 2. The molecule has 0 bridgehead atoms. The van der Waals surface area contributed by atoms with Crippen LogP contribution in [-0.2, 0) is 25.4 Å². The third-order valence-corrected chi connectivity index (χ3v) is 3.65. The van der Waals surface area contributed by atoms with Crippen LogP contribution in [-0.4, -0.2) is 38.5 Å². The SMILES string of the molecule is N#Cc1ccccc1CS(=O)(=O)NCC(=O)NCC(=O)O. The molecular formula is C12H13N3O5S. The summed E-state index contributed by atoms with van der Waals surface area (Å²) in [6.45, 7) is -1.15.